The lowest BCUT2D eigenvalue weighted by atomic mass is 9.72. The number of anilines is 1. The molecule has 2 aromatic rings. The number of ether oxygens (including phenoxy) is 1. The number of hydrogen-bond donors (Lipinski definition) is 1. The van der Waals surface area contributed by atoms with Crippen LogP contribution in [0.2, 0.25) is 0 Å². The van der Waals surface area contributed by atoms with Crippen molar-refractivity contribution in [3.63, 3.8) is 0 Å². The number of thiophene rings is 1. The van der Waals surface area contributed by atoms with Crippen LogP contribution in [0, 0.1) is 40.9 Å². The fourth-order valence-corrected chi connectivity index (χ4v) is 5.56. The van der Waals surface area contributed by atoms with Crippen molar-refractivity contribution >= 4 is 22.2 Å². The third-order valence-electron chi connectivity index (χ3n) is 6.16. The van der Waals surface area contributed by atoms with Gasteiger partial charge in [-0.15, -0.1) is 11.3 Å². The molecule has 0 saturated heterocycles. The Morgan fingerprint density at radius 1 is 1.31 bits per heavy atom. The summed E-state index contributed by atoms with van der Waals surface area (Å²) in [4.78, 5) is 26.8. The molecule has 1 atom stereocenters. The molecule has 2 heterocycles. The van der Waals surface area contributed by atoms with Gasteiger partial charge >= 0.3 is 0 Å². The minimum absolute atomic E-state index is 0.0252. The van der Waals surface area contributed by atoms with Crippen molar-refractivity contribution < 1.29 is 9.53 Å². The van der Waals surface area contributed by atoms with Crippen LogP contribution in [-0.4, -0.2) is 17.6 Å². The summed E-state index contributed by atoms with van der Waals surface area (Å²) >= 11 is 1.46. The first-order valence-corrected chi connectivity index (χ1v) is 11.4. The number of carbonyl (C=O) groups excluding carboxylic acids is 1. The maximum absolute atomic E-state index is 12.8. The number of nitrogens with zero attached hydrogens (tertiary/aromatic N) is 3. The van der Waals surface area contributed by atoms with E-state index in [9.17, 15) is 20.1 Å². The number of pyridine rings is 1. The molecule has 1 aliphatic rings. The van der Waals surface area contributed by atoms with Gasteiger partial charge in [-0.2, -0.15) is 10.5 Å². The van der Waals surface area contributed by atoms with Gasteiger partial charge in [0.1, 0.15) is 29.2 Å². The molecule has 0 unspecified atom stereocenters. The van der Waals surface area contributed by atoms with E-state index in [-0.39, 0.29) is 24.1 Å². The Kier molecular flexibility index (Phi) is 6.88. The van der Waals surface area contributed by atoms with E-state index < -0.39 is 11.5 Å². The maximum atomic E-state index is 12.8. The monoisotopic (exact) mass is 452 g/mol. The minimum atomic E-state index is -0.520. The van der Waals surface area contributed by atoms with E-state index in [1.165, 1.54) is 23.0 Å². The van der Waals surface area contributed by atoms with E-state index in [1.807, 2.05) is 6.07 Å². The molecule has 0 radical (unpaired) electrons. The number of hydrogen-bond acceptors (Lipinski definition) is 6. The highest BCUT2D eigenvalue weighted by Gasteiger charge is 2.32. The fraction of sp³-hybridized carbons (Fsp3) is 0.500. The lowest BCUT2D eigenvalue weighted by molar-refractivity contribution is -0.116. The highest BCUT2D eigenvalue weighted by atomic mass is 32.1. The lowest BCUT2D eigenvalue weighted by Crippen LogP contribution is -2.31. The molecule has 1 N–H and O–H groups in total. The Labute approximate surface area is 192 Å². The van der Waals surface area contributed by atoms with Gasteiger partial charge in [-0.25, -0.2) is 0 Å². The zero-order valence-electron chi connectivity index (χ0n) is 19.2. The number of amides is 1. The van der Waals surface area contributed by atoms with E-state index in [2.05, 4.69) is 32.2 Å². The second kappa shape index (κ2) is 9.28. The molecule has 1 aliphatic carbocycles. The molecule has 0 fully saturated rings. The van der Waals surface area contributed by atoms with E-state index >= 15 is 0 Å². The Bertz CT molecular complexity index is 1190. The molecule has 168 valence electrons. The van der Waals surface area contributed by atoms with Crippen LogP contribution in [0.5, 0.6) is 0 Å². The SMILES string of the molecule is COCc1cc(C)n(CC(=O)Nc2sc3c(c2C#N)CC[C@H](C(C)(C)C)C3)c(=O)c1C#N. The summed E-state index contributed by atoms with van der Waals surface area (Å²) in [6, 6.07) is 5.87. The molecule has 2 aromatic heterocycles. The molecule has 0 bridgehead atoms. The number of rotatable bonds is 5. The predicted molar refractivity (Wildman–Crippen MR) is 124 cm³/mol. The first kappa shape index (κ1) is 23.7. The van der Waals surface area contributed by atoms with Crippen LogP contribution in [0.15, 0.2) is 10.9 Å². The zero-order chi connectivity index (χ0) is 23.6. The average molecular weight is 453 g/mol. The molecule has 0 spiro atoms. The number of nitriles is 2. The number of methoxy groups -OCH3 is 1. The van der Waals surface area contributed by atoms with E-state index in [0.717, 1.165) is 29.7 Å². The third-order valence-corrected chi connectivity index (χ3v) is 7.33. The number of aromatic nitrogens is 1. The van der Waals surface area contributed by atoms with E-state index in [4.69, 9.17) is 4.74 Å². The van der Waals surface area contributed by atoms with Crippen molar-refractivity contribution in [2.24, 2.45) is 11.3 Å². The van der Waals surface area contributed by atoms with Crippen molar-refractivity contribution in [3.05, 3.63) is 49.2 Å². The number of carbonyl (C=O) groups is 1. The standard InChI is InChI=1S/C24H28N4O3S/c1-14-8-15(13-31-5)18(10-25)23(30)28(14)12-21(29)27-22-19(11-26)17-7-6-16(24(2,3)4)9-20(17)32-22/h8,16H,6-7,9,12-13H2,1-5H3,(H,27,29)/t16-/m0/s1. The van der Waals surface area contributed by atoms with Gasteiger partial charge < -0.3 is 14.6 Å². The summed E-state index contributed by atoms with van der Waals surface area (Å²) in [6.45, 7) is 8.33. The molecular formula is C24H28N4O3S. The number of nitrogens with one attached hydrogen (secondary N) is 1. The van der Waals surface area contributed by atoms with Gasteiger partial charge in [0.25, 0.3) is 5.56 Å². The first-order valence-electron chi connectivity index (χ1n) is 10.6. The van der Waals surface area contributed by atoms with Crippen LogP contribution >= 0.6 is 11.3 Å². The van der Waals surface area contributed by atoms with Crippen molar-refractivity contribution in [2.45, 2.75) is 60.1 Å². The first-order chi connectivity index (χ1) is 15.1. The highest BCUT2D eigenvalue weighted by molar-refractivity contribution is 7.16. The normalized spacial score (nSPS) is 15.5. The smallest absolute Gasteiger partial charge is 0.269 e. The molecule has 3 rings (SSSR count). The molecule has 0 aromatic carbocycles. The zero-order valence-corrected chi connectivity index (χ0v) is 20.0. The van der Waals surface area contributed by atoms with Gasteiger partial charge in [0, 0.05) is 23.2 Å². The van der Waals surface area contributed by atoms with Gasteiger partial charge in [0.15, 0.2) is 0 Å². The second-order valence-corrected chi connectivity index (χ2v) is 10.4. The molecule has 32 heavy (non-hydrogen) atoms. The highest BCUT2D eigenvalue weighted by Crippen LogP contribution is 2.43. The summed E-state index contributed by atoms with van der Waals surface area (Å²) in [5.74, 6) is 0.126. The lowest BCUT2D eigenvalue weighted by Gasteiger charge is -2.33. The van der Waals surface area contributed by atoms with Crippen molar-refractivity contribution in [2.75, 3.05) is 12.4 Å². The molecule has 7 nitrogen and oxygen atoms in total. The molecular weight excluding hydrogens is 424 g/mol. The number of fused-ring (bicyclic) bond motifs is 1. The van der Waals surface area contributed by atoms with Crippen LogP contribution in [0.4, 0.5) is 5.00 Å². The third kappa shape index (κ3) is 4.62. The quantitative estimate of drug-likeness (QED) is 0.740. The minimum Gasteiger partial charge on any atom is -0.380 e. The second-order valence-electron chi connectivity index (χ2n) is 9.30. The fourth-order valence-electron chi connectivity index (χ4n) is 4.26. The Morgan fingerprint density at radius 2 is 2.00 bits per heavy atom. The summed E-state index contributed by atoms with van der Waals surface area (Å²) < 4.78 is 6.35. The summed E-state index contributed by atoms with van der Waals surface area (Å²) in [6.07, 6.45) is 2.76. The largest absolute Gasteiger partial charge is 0.380 e. The summed E-state index contributed by atoms with van der Waals surface area (Å²) in [5.41, 5.74) is 2.27. The number of aryl methyl sites for hydroxylation is 1. The average Bonchev–Trinajstić information content (AvgIpc) is 3.06. The van der Waals surface area contributed by atoms with Crippen LogP contribution in [-0.2, 0) is 35.5 Å². The van der Waals surface area contributed by atoms with Gasteiger partial charge in [-0.1, -0.05) is 20.8 Å². The topological polar surface area (TPSA) is 108 Å². The summed E-state index contributed by atoms with van der Waals surface area (Å²) in [7, 11) is 1.49. The van der Waals surface area contributed by atoms with Crippen LogP contribution in [0.3, 0.4) is 0 Å². The Balaban J connectivity index is 1.86. The van der Waals surface area contributed by atoms with Crippen molar-refractivity contribution in [1.29, 1.82) is 10.5 Å². The predicted octanol–water partition coefficient (Wildman–Crippen LogP) is 3.90. The Morgan fingerprint density at radius 3 is 2.59 bits per heavy atom. The van der Waals surface area contributed by atoms with Crippen molar-refractivity contribution in [1.82, 2.24) is 4.57 Å². The Hall–Kier alpha value is -2.94. The van der Waals surface area contributed by atoms with Crippen molar-refractivity contribution in [3.8, 4) is 12.1 Å². The van der Waals surface area contributed by atoms with Gasteiger partial charge in [0.05, 0.1) is 12.2 Å². The molecule has 0 aliphatic heterocycles. The van der Waals surface area contributed by atoms with Crippen LogP contribution in [0.1, 0.15) is 60.0 Å². The van der Waals surface area contributed by atoms with Gasteiger partial charge in [-0.05, 0) is 49.1 Å². The maximum Gasteiger partial charge on any atom is 0.269 e. The molecule has 8 heteroatoms. The van der Waals surface area contributed by atoms with E-state index in [1.54, 1.807) is 13.0 Å². The van der Waals surface area contributed by atoms with Crippen LogP contribution in [0.25, 0.3) is 0 Å². The van der Waals surface area contributed by atoms with Gasteiger partial charge in [-0.3, -0.25) is 9.59 Å². The van der Waals surface area contributed by atoms with Gasteiger partial charge in [0.2, 0.25) is 5.91 Å². The summed E-state index contributed by atoms with van der Waals surface area (Å²) in [5, 5.41) is 22.5. The molecule has 1 amide bonds. The molecule has 0 saturated carbocycles. The van der Waals surface area contributed by atoms with Crippen LogP contribution < -0.4 is 10.9 Å². The van der Waals surface area contributed by atoms with E-state index in [0.29, 0.717) is 27.7 Å².